The maximum absolute atomic E-state index is 13.7. The molecule has 0 bridgehead atoms. The first-order valence-corrected chi connectivity index (χ1v) is 13.2. The number of aromatic amines is 1. The molecule has 3 amide bonds. The molecule has 36 heavy (non-hydrogen) atoms. The van der Waals surface area contributed by atoms with Gasteiger partial charge >= 0.3 is 0 Å². The van der Waals surface area contributed by atoms with E-state index in [0.717, 1.165) is 48.3 Å². The standard InChI is InChI=1S/C27H40N6O3/c1-18(2)24(25(28)35)31-26(36)27(32-23(34)17-29-12-15-33-13-6-3-7-14-33)11-10-22-20(16-27)19-8-4-5-9-21(19)30-22/h4-5,8-9,18,24,29-30H,3,6-7,10-17H2,1-2H3,(H2,28,35)(H,31,36)(H,32,34)/t24-,27-/m0/s1. The quantitative estimate of drug-likeness (QED) is 0.316. The molecule has 1 fully saturated rings. The fourth-order valence-corrected chi connectivity index (χ4v) is 5.54. The molecular formula is C27H40N6O3. The third-order valence-electron chi connectivity index (χ3n) is 7.59. The van der Waals surface area contributed by atoms with Gasteiger partial charge in [0.1, 0.15) is 11.6 Å². The number of rotatable bonds is 10. The number of primary amides is 1. The number of nitrogens with one attached hydrogen (secondary N) is 4. The zero-order chi connectivity index (χ0) is 25.7. The van der Waals surface area contributed by atoms with Crippen molar-refractivity contribution in [3.63, 3.8) is 0 Å². The number of hydrogen-bond acceptors (Lipinski definition) is 5. The molecule has 1 aromatic carbocycles. The van der Waals surface area contributed by atoms with E-state index in [4.69, 9.17) is 5.73 Å². The number of amides is 3. The number of para-hydroxylation sites is 1. The van der Waals surface area contributed by atoms with Crippen molar-refractivity contribution in [2.45, 2.75) is 64.0 Å². The van der Waals surface area contributed by atoms with Gasteiger partial charge in [0, 0.05) is 36.1 Å². The third-order valence-corrected chi connectivity index (χ3v) is 7.59. The van der Waals surface area contributed by atoms with Crippen LogP contribution in [0.25, 0.3) is 10.9 Å². The van der Waals surface area contributed by atoms with E-state index in [1.165, 1.54) is 19.3 Å². The molecule has 196 valence electrons. The Morgan fingerprint density at radius 1 is 1.14 bits per heavy atom. The van der Waals surface area contributed by atoms with Gasteiger partial charge in [0.25, 0.3) is 0 Å². The molecule has 1 saturated heterocycles. The Labute approximate surface area is 212 Å². The summed E-state index contributed by atoms with van der Waals surface area (Å²) in [5, 5.41) is 10.2. The van der Waals surface area contributed by atoms with Crippen molar-refractivity contribution in [1.29, 1.82) is 0 Å². The lowest BCUT2D eigenvalue weighted by atomic mass is 9.78. The molecule has 2 atom stereocenters. The summed E-state index contributed by atoms with van der Waals surface area (Å²) in [4.78, 5) is 44.7. The normalized spacial score (nSPS) is 21.2. The summed E-state index contributed by atoms with van der Waals surface area (Å²) >= 11 is 0. The topological polar surface area (TPSA) is 132 Å². The largest absolute Gasteiger partial charge is 0.368 e. The minimum Gasteiger partial charge on any atom is -0.368 e. The van der Waals surface area contributed by atoms with E-state index in [1.807, 2.05) is 38.1 Å². The number of benzene rings is 1. The molecule has 0 unspecified atom stereocenters. The smallest absolute Gasteiger partial charge is 0.246 e. The molecule has 4 rings (SSSR count). The first-order valence-electron chi connectivity index (χ1n) is 13.2. The highest BCUT2D eigenvalue weighted by Crippen LogP contribution is 2.34. The Kier molecular flexibility index (Phi) is 8.31. The molecule has 1 aromatic heterocycles. The lowest BCUT2D eigenvalue weighted by Crippen LogP contribution is -2.65. The number of nitrogens with zero attached hydrogens (tertiary/aromatic N) is 1. The number of carbonyl (C=O) groups is 3. The van der Waals surface area contributed by atoms with Crippen LogP contribution in [0.5, 0.6) is 0 Å². The van der Waals surface area contributed by atoms with Crippen LogP contribution in [0.15, 0.2) is 24.3 Å². The Morgan fingerprint density at radius 2 is 1.89 bits per heavy atom. The molecule has 1 aliphatic carbocycles. The van der Waals surface area contributed by atoms with Crippen molar-refractivity contribution in [3.8, 4) is 0 Å². The lowest BCUT2D eigenvalue weighted by molar-refractivity contribution is -0.136. The Balaban J connectivity index is 1.48. The minimum absolute atomic E-state index is 0.132. The molecule has 6 N–H and O–H groups in total. The Hall–Kier alpha value is -2.91. The highest BCUT2D eigenvalue weighted by atomic mass is 16.2. The van der Waals surface area contributed by atoms with Crippen LogP contribution < -0.4 is 21.7 Å². The number of nitrogens with two attached hydrogens (primary N) is 1. The third kappa shape index (κ3) is 5.90. The van der Waals surface area contributed by atoms with E-state index in [0.29, 0.717) is 19.3 Å². The number of H-pyrrole nitrogens is 1. The second-order valence-corrected chi connectivity index (χ2v) is 10.6. The SMILES string of the molecule is CC(C)[C@H](NC(=O)[C@]1(NC(=O)CNCCN2CCCCC2)CCc2[nH]c3ccccc3c2C1)C(N)=O. The van der Waals surface area contributed by atoms with Crippen LogP contribution in [-0.4, -0.2) is 71.9 Å². The molecule has 0 saturated carbocycles. The first kappa shape index (κ1) is 26.2. The maximum atomic E-state index is 13.7. The van der Waals surface area contributed by atoms with Gasteiger partial charge < -0.3 is 31.6 Å². The van der Waals surface area contributed by atoms with E-state index >= 15 is 0 Å². The predicted octanol–water partition coefficient (Wildman–Crippen LogP) is 1.21. The number of piperidine rings is 1. The molecule has 9 nitrogen and oxygen atoms in total. The Morgan fingerprint density at radius 3 is 2.61 bits per heavy atom. The van der Waals surface area contributed by atoms with Crippen molar-refractivity contribution in [1.82, 2.24) is 25.8 Å². The summed E-state index contributed by atoms with van der Waals surface area (Å²) in [6, 6.07) is 7.19. The van der Waals surface area contributed by atoms with Crippen LogP contribution in [0, 0.1) is 5.92 Å². The van der Waals surface area contributed by atoms with Crippen LogP contribution in [0.3, 0.4) is 0 Å². The number of fused-ring (bicyclic) bond motifs is 3. The minimum atomic E-state index is -1.16. The van der Waals surface area contributed by atoms with Gasteiger partial charge in [-0.1, -0.05) is 38.5 Å². The Bertz CT molecular complexity index is 1090. The summed E-state index contributed by atoms with van der Waals surface area (Å²) in [7, 11) is 0. The van der Waals surface area contributed by atoms with E-state index in [9.17, 15) is 14.4 Å². The summed E-state index contributed by atoms with van der Waals surface area (Å²) in [6.07, 6.45) is 5.15. The van der Waals surface area contributed by atoms with Gasteiger partial charge in [-0.05, 0) is 56.3 Å². The second kappa shape index (κ2) is 11.4. The van der Waals surface area contributed by atoms with Gasteiger partial charge in [-0.15, -0.1) is 0 Å². The molecule has 2 aliphatic rings. The van der Waals surface area contributed by atoms with Crippen molar-refractivity contribution in [2.75, 3.05) is 32.7 Å². The first-order chi connectivity index (χ1) is 17.3. The number of likely N-dealkylation sites (tertiary alicyclic amines) is 1. The monoisotopic (exact) mass is 496 g/mol. The van der Waals surface area contributed by atoms with Gasteiger partial charge in [-0.2, -0.15) is 0 Å². The van der Waals surface area contributed by atoms with Gasteiger partial charge in [0.05, 0.1) is 6.54 Å². The number of aryl methyl sites for hydroxylation is 1. The van der Waals surface area contributed by atoms with E-state index < -0.39 is 17.5 Å². The van der Waals surface area contributed by atoms with Crippen molar-refractivity contribution in [2.24, 2.45) is 11.7 Å². The average Bonchev–Trinajstić information content (AvgIpc) is 3.23. The number of hydrogen-bond donors (Lipinski definition) is 5. The lowest BCUT2D eigenvalue weighted by Gasteiger charge is -2.38. The van der Waals surface area contributed by atoms with E-state index in [2.05, 4.69) is 25.8 Å². The van der Waals surface area contributed by atoms with Crippen LogP contribution in [0.4, 0.5) is 0 Å². The number of aromatic nitrogens is 1. The average molecular weight is 497 g/mol. The van der Waals surface area contributed by atoms with Crippen LogP contribution in [-0.2, 0) is 27.2 Å². The maximum Gasteiger partial charge on any atom is 0.246 e. The fraction of sp³-hybridized carbons (Fsp3) is 0.593. The van der Waals surface area contributed by atoms with Crippen molar-refractivity contribution >= 4 is 28.6 Å². The molecule has 0 radical (unpaired) electrons. The van der Waals surface area contributed by atoms with Crippen LogP contribution in [0.1, 0.15) is 50.8 Å². The molecule has 9 heteroatoms. The summed E-state index contributed by atoms with van der Waals surface area (Å²) in [6.45, 7) is 7.66. The van der Waals surface area contributed by atoms with E-state index in [-0.39, 0.29) is 24.3 Å². The zero-order valence-corrected chi connectivity index (χ0v) is 21.5. The highest BCUT2D eigenvalue weighted by Gasteiger charge is 2.45. The van der Waals surface area contributed by atoms with Crippen molar-refractivity contribution in [3.05, 3.63) is 35.5 Å². The van der Waals surface area contributed by atoms with Gasteiger partial charge in [0.15, 0.2) is 0 Å². The highest BCUT2D eigenvalue weighted by molar-refractivity contribution is 5.96. The van der Waals surface area contributed by atoms with Gasteiger partial charge in [-0.3, -0.25) is 14.4 Å². The fourth-order valence-electron chi connectivity index (χ4n) is 5.54. The van der Waals surface area contributed by atoms with Crippen LogP contribution >= 0.6 is 0 Å². The molecular weight excluding hydrogens is 456 g/mol. The zero-order valence-electron chi connectivity index (χ0n) is 21.5. The van der Waals surface area contributed by atoms with Crippen molar-refractivity contribution < 1.29 is 14.4 Å². The predicted molar refractivity (Wildman–Crippen MR) is 140 cm³/mol. The molecule has 1 aliphatic heterocycles. The molecule has 2 aromatic rings. The molecule has 0 spiro atoms. The van der Waals surface area contributed by atoms with Gasteiger partial charge in [-0.25, -0.2) is 0 Å². The summed E-state index contributed by atoms with van der Waals surface area (Å²) in [5.41, 5.74) is 7.55. The van der Waals surface area contributed by atoms with Gasteiger partial charge in [0.2, 0.25) is 17.7 Å². The molecule has 2 heterocycles. The van der Waals surface area contributed by atoms with Crippen LogP contribution in [0.2, 0.25) is 0 Å². The van der Waals surface area contributed by atoms with E-state index in [1.54, 1.807) is 0 Å². The summed E-state index contributed by atoms with van der Waals surface area (Å²) in [5.74, 6) is -1.34. The summed E-state index contributed by atoms with van der Waals surface area (Å²) < 4.78 is 0. The second-order valence-electron chi connectivity index (χ2n) is 10.6. The number of carbonyl (C=O) groups excluding carboxylic acids is 3.